The van der Waals surface area contributed by atoms with Crippen LogP contribution in [0.5, 0.6) is 0 Å². The van der Waals surface area contributed by atoms with Crippen molar-refractivity contribution in [2.45, 2.75) is 24.3 Å². The Labute approximate surface area is 113 Å². The normalized spacial score (nSPS) is 16.2. The van der Waals surface area contributed by atoms with Gasteiger partial charge in [0.2, 0.25) is 0 Å². The maximum atomic E-state index is 12.4. The zero-order valence-electron chi connectivity index (χ0n) is 10.5. The van der Waals surface area contributed by atoms with Gasteiger partial charge in [0.25, 0.3) is 5.56 Å². The molecular formula is C12H14N2O2S2. The number of aryl methyl sites for hydroxylation is 2. The zero-order chi connectivity index (χ0) is 12.9. The predicted molar refractivity (Wildman–Crippen MR) is 74.8 cm³/mol. The second-order valence-electron chi connectivity index (χ2n) is 4.50. The Hall–Kier alpha value is -0.850. The Kier molecular flexibility index (Phi) is 2.96. The lowest BCUT2D eigenvalue weighted by atomic mass is 10.2. The Balaban J connectivity index is 2.16. The number of ether oxygens (including phenoxy) is 1. The standard InChI is InChI=1S/C12H14N2O2S2/c1-6-7(2)17-10-9(6)11(15)14(3)12(13-10)18-8-4-16-5-8/h8H,4-5H2,1-3H3. The minimum atomic E-state index is 0.0598. The van der Waals surface area contributed by atoms with Gasteiger partial charge in [-0.05, 0) is 19.4 Å². The highest BCUT2D eigenvalue weighted by Gasteiger charge is 2.23. The van der Waals surface area contributed by atoms with Crippen molar-refractivity contribution in [1.82, 2.24) is 9.55 Å². The van der Waals surface area contributed by atoms with Crippen molar-refractivity contribution in [2.75, 3.05) is 13.2 Å². The van der Waals surface area contributed by atoms with E-state index in [0.717, 1.165) is 34.2 Å². The van der Waals surface area contributed by atoms with E-state index in [1.807, 2.05) is 13.8 Å². The highest BCUT2D eigenvalue weighted by Crippen LogP contribution is 2.30. The van der Waals surface area contributed by atoms with Crippen LogP contribution in [0.3, 0.4) is 0 Å². The second kappa shape index (κ2) is 4.36. The fraction of sp³-hybridized carbons (Fsp3) is 0.500. The summed E-state index contributed by atoms with van der Waals surface area (Å²) in [6.07, 6.45) is 0. The molecule has 0 N–H and O–H groups in total. The molecule has 0 spiro atoms. The quantitative estimate of drug-likeness (QED) is 0.791. The van der Waals surface area contributed by atoms with E-state index in [-0.39, 0.29) is 5.56 Å². The van der Waals surface area contributed by atoms with E-state index in [4.69, 9.17) is 4.74 Å². The first kappa shape index (κ1) is 12.2. The minimum Gasteiger partial charge on any atom is -0.379 e. The molecule has 0 atom stereocenters. The summed E-state index contributed by atoms with van der Waals surface area (Å²) in [4.78, 5) is 19.0. The molecule has 1 saturated heterocycles. The fourth-order valence-electron chi connectivity index (χ4n) is 1.89. The molecule has 18 heavy (non-hydrogen) atoms. The number of fused-ring (bicyclic) bond motifs is 1. The number of nitrogens with zero attached hydrogens (tertiary/aromatic N) is 2. The highest BCUT2D eigenvalue weighted by atomic mass is 32.2. The van der Waals surface area contributed by atoms with Crippen molar-refractivity contribution in [3.8, 4) is 0 Å². The van der Waals surface area contributed by atoms with Gasteiger partial charge in [-0.1, -0.05) is 11.8 Å². The Morgan fingerprint density at radius 3 is 2.78 bits per heavy atom. The van der Waals surface area contributed by atoms with E-state index in [9.17, 15) is 4.79 Å². The summed E-state index contributed by atoms with van der Waals surface area (Å²) in [5, 5.41) is 2.00. The van der Waals surface area contributed by atoms with Crippen molar-refractivity contribution in [3.63, 3.8) is 0 Å². The summed E-state index contributed by atoms with van der Waals surface area (Å²) in [7, 11) is 1.79. The first-order chi connectivity index (χ1) is 8.58. The maximum Gasteiger partial charge on any atom is 0.262 e. The Bertz CT molecular complexity index is 671. The first-order valence-corrected chi connectivity index (χ1v) is 7.48. The van der Waals surface area contributed by atoms with E-state index >= 15 is 0 Å². The van der Waals surface area contributed by atoms with Gasteiger partial charge in [0.05, 0.1) is 23.8 Å². The van der Waals surface area contributed by atoms with E-state index in [1.165, 1.54) is 4.88 Å². The number of rotatable bonds is 2. The van der Waals surface area contributed by atoms with E-state index in [1.54, 1.807) is 34.7 Å². The van der Waals surface area contributed by atoms with Crippen molar-refractivity contribution < 1.29 is 4.74 Å². The van der Waals surface area contributed by atoms with Crippen LogP contribution in [0, 0.1) is 13.8 Å². The fourth-order valence-corrected chi connectivity index (χ4v) is 3.98. The molecule has 2 aromatic heterocycles. The summed E-state index contributed by atoms with van der Waals surface area (Å²) in [5.74, 6) is 0. The topological polar surface area (TPSA) is 44.1 Å². The number of thiophene rings is 1. The van der Waals surface area contributed by atoms with Crippen molar-refractivity contribution >= 4 is 33.3 Å². The van der Waals surface area contributed by atoms with Crippen LogP contribution in [0.4, 0.5) is 0 Å². The molecular weight excluding hydrogens is 268 g/mol. The molecule has 0 unspecified atom stereocenters. The van der Waals surface area contributed by atoms with E-state index < -0.39 is 0 Å². The maximum absolute atomic E-state index is 12.4. The lowest BCUT2D eigenvalue weighted by Crippen LogP contribution is -2.31. The predicted octanol–water partition coefficient (Wildman–Crippen LogP) is 2.10. The summed E-state index contributed by atoms with van der Waals surface area (Å²) in [6.45, 7) is 5.53. The number of thioether (sulfide) groups is 1. The van der Waals surface area contributed by atoms with Gasteiger partial charge in [-0.2, -0.15) is 0 Å². The number of aromatic nitrogens is 2. The smallest absolute Gasteiger partial charge is 0.262 e. The third kappa shape index (κ3) is 1.79. The van der Waals surface area contributed by atoms with Gasteiger partial charge in [-0.25, -0.2) is 4.98 Å². The van der Waals surface area contributed by atoms with Crippen LogP contribution in [0.1, 0.15) is 10.4 Å². The van der Waals surface area contributed by atoms with Gasteiger partial charge in [0.15, 0.2) is 5.16 Å². The molecule has 3 heterocycles. The average molecular weight is 282 g/mol. The lowest BCUT2D eigenvalue weighted by Gasteiger charge is -2.25. The first-order valence-electron chi connectivity index (χ1n) is 5.79. The van der Waals surface area contributed by atoms with Crippen LogP contribution < -0.4 is 5.56 Å². The van der Waals surface area contributed by atoms with Crippen molar-refractivity contribution in [3.05, 3.63) is 20.8 Å². The van der Waals surface area contributed by atoms with Gasteiger partial charge in [-0.15, -0.1) is 11.3 Å². The molecule has 0 saturated carbocycles. The van der Waals surface area contributed by atoms with E-state index in [2.05, 4.69) is 4.98 Å². The molecule has 4 nitrogen and oxygen atoms in total. The molecule has 0 bridgehead atoms. The molecule has 0 aromatic carbocycles. The Morgan fingerprint density at radius 1 is 1.44 bits per heavy atom. The minimum absolute atomic E-state index is 0.0598. The highest BCUT2D eigenvalue weighted by molar-refractivity contribution is 7.99. The average Bonchev–Trinajstić information content (AvgIpc) is 2.55. The zero-order valence-corrected chi connectivity index (χ0v) is 12.2. The third-order valence-electron chi connectivity index (χ3n) is 3.25. The molecule has 0 aliphatic carbocycles. The SMILES string of the molecule is Cc1sc2nc(SC3COC3)n(C)c(=O)c2c1C. The lowest BCUT2D eigenvalue weighted by molar-refractivity contribution is 0.0453. The third-order valence-corrected chi connectivity index (χ3v) is 5.53. The number of hydrogen-bond acceptors (Lipinski definition) is 5. The second-order valence-corrected chi connectivity index (χ2v) is 6.97. The van der Waals surface area contributed by atoms with Crippen LogP contribution in [-0.2, 0) is 11.8 Å². The van der Waals surface area contributed by atoms with Crippen LogP contribution in [0.15, 0.2) is 9.95 Å². The van der Waals surface area contributed by atoms with Gasteiger partial charge < -0.3 is 4.74 Å². The molecule has 1 aliphatic heterocycles. The monoisotopic (exact) mass is 282 g/mol. The molecule has 3 rings (SSSR count). The summed E-state index contributed by atoms with van der Waals surface area (Å²) in [5.41, 5.74) is 1.12. The molecule has 6 heteroatoms. The summed E-state index contributed by atoms with van der Waals surface area (Å²) in [6, 6.07) is 0. The Morgan fingerprint density at radius 2 is 2.17 bits per heavy atom. The van der Waals surface area contributed by atoms with Crippen LogP contribution in [-0.4, -0.2) is 28.0 Å². The van der Waals surface area contributed by atoms with E-state index in [0.29, 0.717) is 5.25 Å². The van der Waals surface area contributed by atoms with Gasteiger partial charge in [0.1, 0.15) is 4.83 Å². The van der Waals surface area contributed by atoms with Crippen LogP contribution >= 0.6 is 23.1 Å². The molecule has 1 fully saturated rings. The van der Waals surface area contributed by atoms with Gasteiger partial charge >= 0.3 is 0 Å². The van der Waals surface area contributed by atoms with Gasteiger partial charge in [0, 0.05) is 11.9 Å². The number of hydrogen-bond donors (Lipinski definition) is 0. The van der Waals surface area contributed by atoms with Gasteiger partial charge in [-0.3, -0.25) is 9.36 Å². The summed E-state index contributed by atoms with van der Waals surface area (Å²) < 4.78 is 6.81. The largest absolute Gasteiger partial charge is 0.379 e. The molecule has 0 radical (unpaired) electrons. The molecule has 2 aromatic rings. The summed E-state index contributed by atoms with van der Waals surface area (Å²) >= 11 is 3.23. The van der Waals surface area contributed by atoms with Crippen LogP contribution in [0.2, 0.25) is 0 Å². The van der Waals surface area contributed by atoms with Crippen molar-refractivity contribution in [2.24, 2.45) is 7.05 Å². The van der Waals surface area contributed by atoms with Crippen molar-refractivity contribution in [1.29, 1.82) is 0 Å². The van der Waals surface area contributed by atoms with Crippen LogP contribution in [0.25, 0.3) is 10.2 Å². The molecule has 96 valence electrons. The molecule has 1 aliphatic rings. The molecule has 0 amide bonds.